The van der Waals surface area contributed by atoms with Gasteiger partial charge in [-0.05, 0) is 169 Å². The first-order valence-corrected chi connectivity index (χ1v) is 27.6. The van der Waals surface area contributed by atoms with Crippen LogP contribution < -0.4 is 31.1 Å². The molecule has 0 spiro atoms. The molecule has 4 aliphatic heterocycles. The van der Waals surface area contributed by atoms with Crippen LogP contribution in [-0.4, -0.2) is 12.3 Å². The van der Waals surface area contributed by atoms with Crippen molar-refractivity contribution in [1.29, 1.82) is 0 Å². The minimum absolute atomic E-state index is 0.0284. The van der Waals surface area contributed by atoms with Gasteiger partial charge in [-0.1, -0.05) is 189 Å². The van der Waals surface area contributed by atoms with Crippen LogP contribution in [0.15, 0.2) is 133 Å². The van der Waals surface area contributed by atoms with Crippen molar-refractivity contribution >= 4 is 68.6 Å². The second-order valence-corrected chi connectivity index (χ2v) is 27.9. The lowest BCUT2D eigenvalue weighted by Gasteiger charge is -2.53. The summed E-state index contributed by atoms with van der Waals surface area (Å²) in [6.45, 7) is 38.7. The van der Waals surface area contributed by atoms with Crippen LogP contribution in [0.5, 0.6) is 0 Å². The zero-order valence-corrected chi connectivity index (χ0v) is 46.9. The Balaban J connectivity index is 1.23. The Bertz CT molecular complexity index is 3230. The molecule has 1 aliphatic carbocycles. The van der Waals surface area contributed by atoms with Gasteiger partial charge in [-0.3, -0.25) is 0 Å². The lowest BCUT2D eigenvalue weighted by atomic mass is 9.28. The topological polar surface area (TPSA) is 9.72 Å². The fraction of sp³-hybridized carbons (Fsp3) is 0.391. The highest BCUT2D eigenvalue weighted by Gasteiger charge is 2.59. The lowest BCUT2D eigenvalue weighted by Crippen LogP contribution is -2.67. The van der Waals surface area contributed by atoms with Gasteiger partial charge in [-0.25, -0.2) is 0 Å². The highest BCUT2D eigenvalue weighted by Crippen LogP contribution is 2.63. The standard InChI is InChI=1S/C69H78BN3/c1-63(2,3)45-25-29-49(30-26-45)71-56-39-47(65(7,8)9)37-53-60(56)70-61-54(67(53,13)14)38-48(66(10,11)12)40-57(61)72(50-31-27-46(28-32-50)64(4,5)6)59-42-51(41-58(71)62(59)70)73-55-33-24-44(43-22-18-17-19-23-43)36-52(55)68(15)34-20-21-35-69(68,73)16/h17-19,22-33,36-42H,20-21,34-35H2,1-16H3. The molecule has 0 radical (unpaired) electrons. The maximum absolute atomic E-state index is 2.83. The maximum atomic E-state index is 2.83. The van der Waals surface area contributed by atoms with Crippen molar-refractivity contribution in [3.8, 4) is 11.1 Å². The first kappa shape index (κ1) is 48.0. The predicted octanol–water partition coefficient (Wildman–Crippen LogP) is 17.0. The average molecular weight is 960 g/mol. The highest BCUT2D eigenvalue weighted by molar-refractivity contribution is 7.01. The summed E-state index contributed by atoms with van der Waals surface area (Å²) in [5.41, 5.74) is 26.4. The van der Waals surface area contributed by atoms with Gasteiger partial charge in [0.25, 0.3) is 6.71 Å². The van der Waals surface area contributed by atoms with Gasteiger partial charge < -0.3 is 14.7 Å². The third-order valence-corrected chi connectivity index (χ3v) is 18.8. The van der Waals surface area contributed by atoms with Crippen molar-refractivity contribution in [2.45, 2.75) is 174 Å². The third kappa shape index (κ3) is 6.97. The van der Waals surface area contributed by atoms with Crippen molar-refractivity contribution in [3.05, 3.63) is 172 Å². The van der Waals surface area contributed by atoms with Gasteiger partial charge in [0.05, 0.1) is 5.54 Å². The molecule has 12 rings (SSSR count). The van der Waals surface area contributed by atoms with Crippen LogP contribution in [0, 0.1) is 0 Å². The Morgan fingerprint density at radius 1 is 0.384 bits per heavy atom. The SMILES string of the molecule is CC(C)(C)c1ccc(N2c3cc(N4c5ccc(-c6ccccc6)cc5C5(C)CCCCC45C)cc4c3B3c5c2cc(C(C)(C)C)cc5C(C)(C)c2cc(C(C)(C)C)cc(c23)N4c2ccc(C(C)(C)C)cc2)cc1. The zero-order valence-electron chi connectivity index (χ0n) is 46.9. The van der Waals surface area contributed by atoms with Crippen LogP contribution in [0.4, 0.5) is 45.5 Å². The molecule has 2 unspecified atom stereocenters. The zero-order chi connectivity index (χ0) is 51.7. The maximum Gasteiger partial charge on any atom is 0.252 e. The number of hydrogen-bond donors (Lipinski definition) is 0. The summed E-state index contributed by atoms with van der Waals surface area (Å²) in [7, 11) is 0. The van der Waals surface area contributed by atoms with E-state index in [0.29, 0.717) is 0 Å². The molecular formula is C69H78BN3. The van der Waals surface area contributed by atoms with Gasteiger partial charge in [0.1, 0.15) is 0 Å². The number of nitrogens with zero attached hydrogens (tertiary/aromatic N) is 3. The number of rotatable bonds is 4. The van der Waals surface area contributed by atoms with E-state index in [2.05, 4.69) is 259 Å². The van der Waals surface area contributed by atoms with Crippen molar-refractivity contribution in [2.24, 2.45) is 0 Å². The van der Waals surface area contributed by atoms with Crippen LogP contribution in [0.25, 0.3) is 11.1 Å². The molecule has 5 aliphatic rings. The van der Waals surface area contributed by atoms with E-state index in [1.807, 2.05) is 0 Å². The van der Waals surface area contributed by atoms with E-state index in [4.69, 9.17) is 0 Å². The average Bonchev–Trinajstić information content (AvgIpc) is 3.54. The van der Waals surface area contributed by atoms with Gasteiger partial charge >= 0.3 is 0 Å². The molecule has 3 nitrogen and oxygen atoms in total. The molecule has 0 aromatic heterocycles. The summed E-state index contributed by atoms with van der Waals surface area (Å²) in [5, 5.41) is 0. The van der Waals surface area contributed by atoms with E-state index in [0.717, 1.165) is 12.8 Å². The van der Waals surface area contributed by atoms with E-state index in [-0.39, 0.29) is 44.7 Å². The second kappa shape index (κ2) is 15.5. The molecule has 4 heteroatoms. The minimum Gasteiger partial charge on any atom is -0.334 e. The van der Waals surface area contributed by atoms with E-state index in [9.17, 15) is 0 Å². The lowest BCUT2D eigenvalue weighted by molar-refractivity contribution is 0.195. The van der Waals surface area contributed by atoms with Gasteiger partial charge in [0.15, 0.2) is 0 Å². The number of benzene rings is 7. The quantitative estimate of drug-likeness (QED) is 0.163. The molecule has 4 heterocycles. The van der Waals surface area contributed by atoms with E-state index >= 15 is 0 Å². The van der Waals surface area contributed by atoms with Crippen molar-refractivity contribution in [1.82, 2.24) is 0 Å². The summed E-state index contributed by atoms with van der Waals surface area (Å²) >= 11 is 0. The fourth-order valence-corrected chi connectivity index (χ4v) is 14.1. The summed E-state index contributed by atoms with van der Waals surface area (Å²) < 4.78 is 0. The first-order valence-electron chi connectivity index (χ1n) is 27.6. The van der Waals surface area contributed by atoms with Crippen molar-refractivity contribution < 1.29 is 0 Å². The van der Waals surface area contributed by atoms with Crippen molar-refractivity contribution in [2.75, 3.05) is 14.7 Å². The molecule has 2 atom stereocenters. The molecule has 372 valence electrons. The van der Waals surface area contributed by atoms with Crippen LogP contribution in [0.2, 0.25) is 0 Å². The predicted molar refractivity (Wildman–Crippen MR) is 316 cm³/mol. The second-order valence-electron chi connectivity index (χ2n) is 27.9. The summed E-state index contributed by atoms with van der Waals surface area (Å²) in [5.74, 6) is 0. The van der Waals surface area contributed by atoms with Crippen LogP contribution in [-0.2, 0) is 32.5 Å². The molecule has 0 saturated heterocycles. The Hall–Kier alpha value is -6.00. The van der Waals surface area contributed by atoms with Crippen LogP contribution in [0.1, 0.15) is 175 Å². The molecule has 1 fully saturated rings. The number of anilines is 8. The molecule has 7 aromatic carbocycles. The number of fused-ring (bicyclic) bond motifs is 3. The molecular weight excluding hydrogens is 882 g/mol. The summed E-state index contributed by atoms with van der Waals surface area (Å²) in [4.78, 5) is 8.24. The highest BCUT2D eigenvalue weighted by atomic mass is 15.3. The molecule has 73 heavy (non-hydrogen) atoms. The van der Waals surface area contributed by atoms with Gasteiger partial charge in [0.2, 0.25) is 0 Å². The monoisotopic (exact) mass is 960 g/mol. The van der Waals surface area contributed by atoms with E-state index in [1.165, 1.54) is 125 Å². The van der Waals surface area contributed by atoms with Gasteiger partial charge in [-0.2, -0.15) is 0 Å². The van der Waals surface area contributed by atoms with Gasteiger partial charge in [-0.15, -0.1) is 0 Å². The van der Waals surface area contributed by atoms with Gasteiger partial charge in [0, 0.05) is 56.3 Å². The largest absolute Gasteiger partial charge is 0.334 e. The van der Waals surface area contributed by atoms with Crippen molar-refractivity contribution in [3.63, 3.8) is 0 Å². The smallest absolute Gasteiger partial charge is 0.252 e. The Morgan fingerprint density at radius 2 is 0.836 bits per heavy atom. The van der Waals surface area contributed by atoms with E-state index in [1.54, 1.807) is 0 Å². The van der Waals surface area contributed by atoms with Crippen LogP contribution >= 0.6 is 0 Å². The molecule has 7 aromatic rings. The normalized spacial score (nSPS) is 20.5. The molecule has 1 saturated carbocycles. The molecule has 0 amide bonds. The summed E-state index contributed by atoms with van der Waals surface area (Å²) in [6, 6.07) is 53.3. The summed E-state index contributed by atoms with van der Waals surface area (Å²) in [6.07, 6.45) is 4.75. The Labute approximate surface area is 439 Å². The third-order valence-electron chi connectivity index (χ3n) is 18.8. The number of hydrogen-bond acceptors (Lipinski definition) is 3. The molecule has 0 N–H and O–H groups in total. The minimum atomic E-state index is -0.274. The van der Waals surface area contributed by atoms with Crippen LogP contribution in [0.3, 0.4) is 0 Å². The van der Waals surface area contributed by atoms with E-state index < -0.39 is 0 Å². The first-order chi connectivity index (χ1) is 34.2. The Kier molecular flexibility index (Phi) is 10.2. The molecule has 0 bridgehead atoms. The Morgan fingerprint density at radius 3 is 1.30 bits per heavy atom. The fourth-order valence-electron chi connectivity index (χ4n) is 14.1.